The van der Waals surface area contributed by atoms with Crippen molar-refractivity contribution in [3.63, 3.8) is 0 Å². The molecule has 3 rings (SSSR count). The molecule has 3 aliphatic carbocycles. The molecule has 192 valence electrons. The summed E-state index contributed by atoms with van der Waals surface area (Å²) < 4.78 is 9.66. The summed E-state index contributed by atoms with van der Waals surface area (Å²) in [6, 6.07) is 0. The average Bonchev–Trinajstić information content (AvgIpc) is 2.84. The van der Waals surface area contributed by atoms with E-state index in [9.17, 15) is 9.59 Å². The van der Waals surface area contributed by atoms with Crippen molar-refractivity contribution in [1.82, 2.24) is 0 Å². The molecule has 6 atom stereocenters. The van der Waals surface area contributed by atoms with Gasteiger partial charge < -0.3 is 9.47 Å². The number of allylic oxidation sites excluding steroid dienone is 5. The van der Waals surface area contributed by atoms with Gasteiger partial charge in [-0.3, -0.25) is 4.79 Å². The lowest BCUT2D eigenvalue weighted by Gasteiger charge is -2.41. The van der Waals surface area contributed by atoms with Gasteiger partial charge in [-0.25, -0.2) is 4.79 Å². The van der Waals surface area contributed by atoms with E-state index in [2.05, 4.69) is 57.7 Å². The average molecular weight is 473 g/mol. The first-order chi connectivity index (χ1) is 16.2. The molecule has 0 spiro atoms. The van der Waals surface area contributed by atoms with Crippen molar-refractivity contribution in [3.8, 4) is 0 Å². The molecule has 0 heterocycles. The third kappa shape index (κ3) is 8.92. The van der Waals surface area contributed by atoms with Gasteiger partial charge in [0.1, 0.15) is 0 Å². The molecule has 0 aromatic heterocycles. The zero-order valence-electron chi connectivity index (χ0n) is 22.5. The molecular weight excluding hydrogens is 424 g/mol. The van der Waals surface area contributed by atoms with Gasteiger partial charge >= 0.3 is 11.9 Å². The molecule has 34 heavy (non-hydrogen) atoms. The maximum Gasteiger partial charge on any atom is 0.330 e. The number of ether oxygens (including phenoxy) is 2. The Hall–Kier alpha value is -2.10. The zero-order valence-corrected chi connectivity index (χ0v) is 22.5. The minimum absolute atomic E-state index is 0.0323. The van der Waals surface area contributed by atoms with Gasteiger partial charge in [-0.1, -0.05) is 64.7 Å². The van der Waals surface area contributed by atoms with Gasteiger partial charge in [-0.2, -0.15) is 0 Å². The number of hydrogen-bond acceptors (Lipinski definition) is 4. The summed E-state index contributed by atoms with van der Waals surface area (Å²) in [7, 11) is 0. The molecular formula is C30H48O4. The Kier molecular flexibility index (Phi) is 13.9. The quantitative estimate of drug-likeness (QED) is 0.237. The van der Waals surface area contributed by atoms with E-state index < -0.39 is 0 Å². The molecule has 0 radical (unpaired) electrons. The van der Waals surface area contributed by atoms with Crippen molar-refractivity contribution < 1.29 is 19.1 Å². The molecule has 0 aliphatic heterocycles. The largest absolute Gasteiger partial charge is 0.466 e. The summed E-state index contributed by atoms with van der Waals surface area (Å²) in [5.74, 6) is 3.25. The third-order valence-corrected chi connectivity index (χ3v) is 7.74. The summed E-state index contributed by atoms with van der Waals surface area (Å²) >= 11 is 0. The summed E-state index contributed by atoms with van der Waals surface area (Å²) in [5.41, 5.74) is 2.98. The highest BCUT2D eigenvalue weighted by Gasteiger charge is 2.39. The predicted molar refractivity (Wildman–Crippen MR) is 141 cm³/mol. The van der Waals surface area contributed by atoms with Crippen molar-refractivity contribution in [2.24, 2.45) is 35.5 Å². The maximum absolute atomic E-state index is 12.0. The summed E-state index contributed by atoms with van der Waals surface area (Å²) in [6.07, 6.45) is 14.9. The van der Waals surface area contributed by atoms with Crippen molar-refractivity contribution in [2.45, 2.75) is 80.1 Å². The van der Waals surface area contributed by atoms with Gasteiger partial charge in [0.25, 0.3) is 0 Å². The first kappa shape index (κ1) is 29.9. The van der Waals surface area contributed by atoms with E-state index in [0.29, 0.717) is 25.0 Å². The van der Waals surface area contributed by atoms with Crippen LogP contribution in [-0.2, 0) is 19.1 Å². The molecule has 4 heteroatoms. The highest BCUT2D eigenvalue weighted by atomic mass is 16.5. The SMILES string of the molecule is C=CC(=O)OCC.C=CC1=CCCC(C)[C@@H]1C.CCOC(=O)C1CCC=C2C(C)C(C)CCC21. The Labute approximate surface area is 208 Å². The molecule has 0 saturated heterocycles. The van der Waals surface area contributed by atoms with E-state index >= 15 is 0 Å². The second kappa shape index (κ2) is 15.7. The van der Waals surface area contributed by atoms with E-state index in [1.165, 1.54) is 36.8 Å². The number of fused-ring (bicyclic) bond motifs is 1. The van der Waals surface area contributed by atoms with E-state index in [-0.39, 0.29) is 17.9 Å². The second-order valence-corrected chi connectivity index (χ2v) is 9.80. The predicted octanol–water partition coefficient (Wildman–Crippen LogP) is 7.47. The van der Waals surface area contributed by atoms with Crippen molar-refractivity contribution in [3.05, 3.63) is 48.6 Å². The normalized spacial score (nSPS) is 29.8. The van der Waals surface area contributed by atoms with Crippen molar-refractivity contribution >= 4 is 11.9 Å². The van der Waals surface area contributed by atoms with Crippen LogP contribution in [0.3, 0.4) is 0 Å². The lowest BCUT2D eigenvalue weighted by Crippen LogP contribution is -2.35. The molecule has 1 saturated carbocycles. The van der Waals surface area contributed by atoms with Crippen LogP contribution in [0.25, 0.3) is 0 Å². The number of rotatable bonds is 5. The van der Waals surface area contributed by atoms with Crippen LogP contribution in [0, 0.1) is 35.5 Å². The molecule has 1 fully saturated rings. The Morgan fingerprint density at radius 1 is 0.882 bits per heavy atom. The summed E-state index contributed by atoms with van der Waals surface area (Å²) in [5, 5.41) is 0. The van der Waals surface area contributed by atoms with Gasteiger partial charge in [0.05, 0.1) is 19.1 Å². The van der Waals surface area contributed by atoms with Crippen LogP contribution in [-0.4, -0.2) is 25.2 Å². The molecule has 5 unspecified atom stereocenters. The van der Waals surface area contributed by atoms with Crippen LogP contribution in [0.4, 0.5) is 0 Å². The number of hydrogen-bond donors (Lipinski definition) is 0. The monoisotopic (exact) mass is 472 g/mol. The van der Waals surface area contributed by atoms with Gasteiger partial charge in [-0.15, -0.1) is 0 Å². The fraction of sp³-hybridized carbons (Fsp3) is 0.667. The standard InChI is InChI=1S/C15H24O2.C10H16.C5H8O2/c1-4-17-15(16)14-7-5-6-12-11(3)10(2)8-9-13(12)14;1-4-10-7-5-6-8(2)9(10)3;1-3-5(6)7-4-2/h6,10-11,13-14H,4-5,7-9H2,1-3H3;4,7-9H,1,5-6H2,2-3H3;3H,1,4H2,2H3/t;8?,9-;/m.0./s1. The van der Waals surface area contributed by atoms with Crippen LogP contribution in [0.5, 0.6) is 0 Å². The van der Waals surface area contributed by atoms with Crippen molar-refractivity contribution in [1.29, 1.82) is 0 Å². The van der Waals surface area contributed by atoms with E-state index in [4.69, 9.17) is 4.74 Å². The fourth-order valence-corrected chi connectivity index (χ4v) is 5.21. The first-order valence-corrected chi connectivity index (χ1v) is 13.2. The minimum Gasteiger partial charge on any atom is -0.466 e. The molecule has 0 aromatic carbocycles. The van der Waals surface area contributed by atoms with Gasteiger partial charge in [-0.05, 0) is 87.5 Å². The highest BCUT2D eigenvalue weighted by molar-refractivity contribution is 5.81. The lowest BCUT2D eigenvalue weighted by atomic mass is 9.64. The lowest BCUT2D eigenvalue weighted by molar-refractivity contribution is -0.150. The Balaban J connectivity index is 0.000000289. The minimum atomic E-state index is -0.359. The topological polar surface area (TPSA) is 52.6 Å². The van der Waals surface area contributed by atoms with E-state index in [0.717, 1.165) is 36.7 Å². The van der Waals surface area contributed by atoms with Gasteiger partial charge in [0, 0.05) is 6.08 Å². The molecule has 3 aliphatic rings. The number of carbonyl (C=O) groups is 2. The molecule has 4 nitrogen and oxygen atoms in total. The van der Waals surface area contributed by atoms with Crippen LogP contribution < -0.4 is 0 Å². The van der Waals surface area contributed by atoms with Gasteiger partial charge in [0.15, 0.2) is 0 Å². The van der Waals surface area contributed by atoms with E-state index in [1.54, 1.807) is 6.92 Å². The highest BCUT2D eigenvalue weighted by Crippen LogP contribution is 2.45. The fourth-order valence-electron chi connectivity index (χ4n) is 5.21. The van der Waals surface area contributed by atoms with E-state index in [1.807, 2.05) is 13.0 Å². The third-order valence-electron chi connectivity index (χ3n) is 7.74. The number of esters is 2. The Morgan fingerprint density at radius 3 is 2.03 bits per heavy atom. The summed E-state index contributed by atoms with van der Waals surface area (Å²) in [6.45, 7) is 20.8. The molecule has 0 bridgehead atoms. The van der Waals surface area contributed by atoms with Crippen LogP contribution in [0.15, 0.2) is 48.6 Å². The number of carbonyl (C=O) groups excluding carboxylic acids is 2. The summed E-state index contributed by atoms with van der Waals surface area (Å²) in [4.78, 5) is 22.1. The smallest absolute Gasteiger partial charge is 0.330 e. The molecule has 0 amide bonds. The molecule has 0 N–H and O–H groups in total. The molecule has 0 aromatic rings. The maximum atomic E-state index is 12.0. The Morgan fingerprint density at radius 2 is 1.50 bits per heavy atom. The zero-order chi connectivity index (χ0) is 25.7. The first-order valence-electron chi connectivity index (χ1n) is 13.2. The van der Waals surface area contributed by atoms with Crippen molar-refractivity contribution in [2.75, 3.05) is 13.2 Å². The van der Waals surface area contributed by atoms with Crippen LogP contribution in [0.2, 0.25) is 0 Å². The van der Waals surface area contributed by atoms with Crippen LogP contribution >= 0.6 is 0 Å². The van der Waals surface area contributed by atoms with Crippen LogP contribution in [0.1, 0.15) is 80.1 Å². The van der Waals surface area contributed by atoms with Gasteiger partial charge in [0.2, 0.25) is 0 Å². The second-order valence-electron chi connectivity index (χ2n) is 9.80. The Bertz CT molecular complexity index is 732.